The summed E-state index contributed by atoms with van der Waals surface area (Å²) in [6, 6.07) is 0.248. The molecule has 0 radical (unpaired) electrons. The fourth-order valence-corrected chi connectivity index (χ4v) is 2.25. The predicted octanol–water partition coefficient (Wildman–Crippen LogP) is 1.73. The standard InChI is InChI=1S/C13H25NO3/c1-3-7-14-12(10-13(15)17-4-2)11-5-8-16-9-6-11/h11-12,14H,3-10H2,1-2H3. The molecule has 1 unspecified atom stereocenters. The van der Waals surface area contributed by atoms with Crippen LogP contribution >= 0.6 is 0 Å². The molecule has 1 fully saturated rings. The second-order valence-corrected chi connectivity index (χ2v) is 4.52. The van der Waals surface area contributed by atoms with Gasteiger partial charge in [-0.2, -0.15) is 0 Å². The average molecular weight is 243 g/mol. The summed E-state index contributed by atoms with van der Waals surface area (Å²) in [5.74, 6) is 0.451. The van der Waals surface area contributed by atoms with Crippen molar-refractivity contribution in [3.8, 4) is 0 Å². The highest BCUT2D eigenvalue weighted by Crippen LogP contribution is 2.21. The third-order valence-electron chi connectivity index (χ3n) is 3.18. The molecule has 0 saturated carbocycles. The van der Waals surface area contributed by atoms with Crippen LogP contribution in [-0.4, -0.2) is 38.4 Å². The molecule has 17 heavy (non-hydrogen) atoms. The topological polar surface area (TPSA) is 47.6 Å². The molecule has 100 valence electrons. The second kappa shape index (κ2) is 8.48. The largest absolute Gasteiger partial charge is 0.466 e. The summed E-state index contributed by atoms with van der Waals surface area (Å²) in [6.07, 6.45) is 3.66. The maximum absolute atomic E-state index is 11.6. The molecule has 4 nitrogen and oxygen atoms in total. The molecule has 0 aromatic heterocycles. The van der Waals surface area contributed by atoms with Crippen molar-refractivity contribution >= 4 is 5.97 Å². The lowest BCUT2D eigenvalue weighted by Crippen LogP contribution is -2.41. The molecule has 0 aromatic rings. The van der Waals surface area contributed by atoms with E-state index in [1.54, 1.807) is 0 Å². The van der Waals surface area contributed by atoms with Crippen molar-refractivity contribution in [2.24, 2.45) is 5.92 Å². The Morgan fingerprint density at radius 1 is 1.41 bits per heavy atom. The van der Waals surface area contributed by atoms with Crippen LogP contribution in [0.25, 0.3) is 0 Å². The van der Waals surface area contributed by atoms with Crippen LogP contribution in [0.4, 0.5) is 0 Å². The summed E-state index contributed by atoms with van der Waals surface area (Å²) in [6.45, 7) is 7.05. The lowest BCUT2D eigenvalue weighted by Gasteiger charge is -2.30. The summed E-state index contributed by atoms with van der Waals surface area (Å²) in [5, 5.41) is 3.47. The summed E-state index contributed by atoms with van der Waals surface area (Å²) in [4.78, 5) is 11.6. The van der Waals surface area contributed by atoms with Gasteiger partial charge >= 0.3 is 5.97 Å². The van der Waals surface area contributed by atoms with Gasteiger partial charge < -0.3 is 14.8 Å². The number of esters is 1. The molecule has 0 bridgehead atoms. The van der Waals surface area contributed by atoms with Gasteiger partial charge in [0, 0.05) is 19.3 Å². The molecule has 4 heteroatoms. The van der Waals surface area contributed by atoms with Crippen LogP contribution in [0.15, 0.2) is 0 Å². The zero-order valence-corrected chi connectivity index (χ0v) is 11.0. The molecular weight excluding hydrogens is 218 g/mol. The van der Waals surface area contributed by atoms with Crippen LogP contribution in [0.5, 0.6) is 0 Å². The van der Waals surface area contributed by atoms with E-state index in [0.29, 0.717) is 18.9 Å². The second-order valence-electron chi connectivity index (χ2n) is 4.52. The minimum Gasteiger partial charge on any atom is -0.466 e. The summed E-state index contributed by atoms with van der Waals surface area (Å²) in [7, 11) is 0. The number of carbonyl (C=O) groups is 1. The van der Waals surface area contributed by atoms with Crippen LogP contribution in [-0.2, 0) is 14.3 Å². The molecule has 1 rings (SSSR count). The summed E-state index contributed by atoms with van der Waals surface area (Å²) >= 11 is 0. The quantitative estimate of drug-likeness (QED) is 0.692. The highest BCUT2D eigenvalue weighted by molar-refractivity contribution is 5.70. The van der Waals surface area contributed by atoms with E-state index in [-0.39, 0.29) is 12.0 Å². The number of rotatable bonds is 7. The molecule has 1 aliphatic rings. The Hall–Kier alpha value is -0.610. The van der Waals surface area contributed by atoms with Gasteiger partial charge in [0.25, 0.3) is 0 Å². The molecule has 0 spiro atoms. The first-order chi connectivity index (χ1) is 8.27. The first kappa shape index (κ1) is 14.5. The Labute approximate surface area is 104 Å². The average Bonchev–Trinajstić information content (AvgIpc) is 2.36. The predicted molar refractivity (Wildman–Crippen MR) is 66.9 cm³/mol. The van der Waals surface area contributed by atoms with Gasteiger partial charge in [0.1, 0.15) is 0 Å². The zero-order chi connectivity index (χ0) is 12.5. The van der Waals surface area contributed by atoms with Crippen molar-refractivity contribution in [1.29, 1.82) is 0 Å². The summed E-state index contributed by atoms with van der Waals surface area (Å²) in [5.41, 5.74) is 0. The lowest BCUT2D eigenvalue weighted by atomic mass is 9.89. The van der Waals surface area contributed by atoms with Crippen molar-refractivity contribution < 1.29 is 14.3 Å². The lowest BCUT2D eigenvalue weighted by molar-refractivity contribution is -0.144. The smallest absolute Gasteiger partial charge is 0.307 e. The molecule has 1 atom stereocenters. The van der Waals surface area contributed by atoms with E-state index < -0.39 is 0 Å². The van der Waals surface area contributed by atoms with Crippen LogP contribution in [0.3, 0.4) is 0 Å². The minimum absolute atomic E-state index is 0.0902. The number of hydrogen-bond donors (Lipinski definition) is 1. The van der Waals surface area contributed by atoms with Gasteiger partial charge in [-0.3, -0.25) is 4.79 Å². The minimum atomic E-state index is -0.0902. The Bertz CT molecular complexity index is 215. The van der Waals surface area contributed by atoms with Crippen LogP contribution < -0.4 is 5.32 Å². The number of nitrogens with one attached hydrogen (secondary N) is 1. The van der Waals surface area contributed by atoms with Crippen molar-refractivity contribution in [3.05, 3.63) is 0 Å². The van der Waals surface area contributed by atoms with E-state index in [1.807, 2.05) is 6.92 Å². The third-order valence-corrected chi connectivity index (χ3v) is 3.18. The maximum Gasteiger partial charge on any atom is 0.307 e. The van der Waals surface area contributed by atoms with E-state index in [1.165, 1.54) is 0 Å². The number of hydrogen-bond acceptors (Lipinski definition) is 4. The summed E-state index contributed by atoms with van der Waals surface area (Å²) < 4.78 is 10.4. The third kappa shape index (κ3) is 5.50. The van der Waals surface area contributed by atoms with E-state index in [2.05, 4.69) is 12.2 Å². The van der Waals surface area contributed by atoms with Gasteiger partial charge in [0.15, 0.2) is 0 Å². The molecule has 0 aliphatic carbocycles. The highest BCUT2D eigenvalue weighted by atomic mass is 16.5. The monoisotopic (exact) mass is 243 g/mol. The van der Waals surface area contributed by atoms with Crippen LogP contribution in [0.2, 0.25) is 0 Å². The van der Waals surface area contributed by atoms with Gasteiger partial charge in [-0.05, 0) is 38.6 Å². The Morgan fingerprint density at radius 2 is 2.12 bits per heavy atom. The Kier molecular flexibility index (Phi) is 7.21. The fraction of sp³-hybridized carbons (Fsp3) is 0.923. The van der Waals surface area contributed by atoms with Crippen molar-refractivity contribution in [2.75, 3.05) is 26.4 Å². The normalized spacial score (nSPS) is 18.9. The van der Waals surface area contributed by atoms with Crippen LogP contribution in [0.1, 0.15) is 39.5 Å². The molecule has 0 amide bonds. The highest BCUT2D eigenvalue weighted by Gasteiger charge is 2.25. The molecule has 1 N–H and O–H groups in total. The number of carbonyl (C=O) groups excluding carboxylic acids is 1. The van der Waals surface area contributed by atoms with Crippen molar-refractivity contribution in [1.82, 2.24) is 5.32 Å². The Balaban J connectivity index is 2.43. The first-order valence-electron chi connectivity index (χ1n) is 6.74. The van der Waals surface area contributed by atoms with E-state index in [4.69, 9.17) is 9.47 Å². The van der Waals surface area contributed by atoms with Crippen LogP contribution in [0, 0.1) is 5.92 Å². The van der Waals surface area contributed by atoms with Gasteiger partial charge in [-0.25, -0.2) is 0 Å². The first-order valence-corrected chi connectivity index (χ1v) is 6.74. The molecule has 1 saturated heterocycles. The maximum atomic E-state index is 11.6. The molecule has 1 heterocycles. The fourth-order valence-electron chi connectivity index (χ4n) is 2.25. The van der Waals surface area contributed by atoms with E-state index >= 15 is 0 Å². The zero-order valence-electron chi connectivity index (χ0n) is 11.0. The molecular formula is C13H25NO3. The van der Waals surface area contributed by atoms with Crippen molar-refractivity contribution in [2.45, 2.75) is 45.6 Å². The van der Waals surface area contributed by atoms with E-state index in [0.717, 1.165) is 39.0 Å². The van der Waals surface area contributed by atoms with Gasteiger partial charge in [-0.15, -0.1) is 0 Å². The van der Waals surface area contributed by atoms with E-state index in [9.17, 15) is 4.79 Å². The van der Waals surface area contributed by atoms with Gasteiger partial charge in [0.2, 0.25) is 0 Å². The SMILES string of the molecule is CCCNC(CC(=O)OCC)C1CCOCC1. The van der Waals surface area contributed by atoms with Crippen molar-refractivity contribution in [3.63, 3.8) is 0 Å². The Morgan fingerprint density at radius 3 is 2.71 bits per heavy atom. The van der Waals surface area contributed by atoms with Gasteiger partial charge in [0.05, 0.1) is 13.0 Å². The molecule has 0 aromatic carbocycles. The van der Waals surface area contributed by atoms with Gasteiger partial charge in [-0.1, -0.05) is 6.92 Å². The number of ether oxygens (including phenoxy) is 2. The molecule has 1 aliphatic heterocycles.